The first-order chi connectivity index (χ1) is 14.2. The van der Waals surface area contributed by atoms with E-state index in [0.29, 0.717) is 30.0 Å². The van der Waals surface area contributed by atoms with Crippen LogP contribution in [0.3, 0.4) is 0 Å². The van der Waals surface area contributed by atoms with Crippen LogP contribution < -0.4 is 10.1 Å². The zero-order valence-corrected chi connectivity index (χ0v) is 17.1. The van der Waals surface area contributed by atoms with Gasteiger partial charge in [-0.1, -0.05) is 0 Å². The average Bonchev–Trinajstić information content (AvgIpc) is 3.23. The maximum absolute atomic E-state index is 13.0. The van der Waals surface area contributed by atoms with E-state index in [0.717, 1.165) is 64.3 Å². The number of benzene rings is 1. The van der Waals surface area contributed by atoms with E-state index >= 15 is 0 Å². The summed E-state index contributed by atoms with van der Waals surface area (Å²) < 4.78 is 22.3. The Kier molecular flexibility index (Phi) is 6.37. The number of hydrogen-bond acceptors (Lipinski definition) is 6. The van der Waals surface area contributed by atoms with Gasteiger partial charge < -0.3 is 23.9 Å². The number of rotatable bonds is 7. The zero-order valence-electron chi connectivity index (χ0n) is 17.1. The fraction of sp³-hybridized carbons (Fsp3) is 0.591. The van der Waals surface area contributed by atoms with Crippen LogP contribution in [-0.2, 0) is 9.47 Å². The van der Waals surface area contributed by atoms with E-state index in [4.69, 9.17) is 18.6 Å². The fourth-order valence-electron chi connectivity index (χ4n) is 4.24. The smallest absolute Gasteiger partial charge is 0.251 e. The van der Waals surface area contributed by atoms with Gasteiger partial charge in [-0.15, -0.1) is 0 Å². The first-order valence-corrected chi connectivity index (χ1v) is 10.5. The van der Waals surface area contributed by atoms with Crippen molar-refractivity contribution in [1.82, 2.24) is 10.2 Å². The number of ether oxygens (including phenoxy) is 3. The van der Waals surface area contributed by atoms with Crippen molar-refractivity contribution < 1.29 is 23.4 Å². The normalized spacial score (nSPS) is 19.9. The van der Waals surface area contributed by atoms with Crippen LogP contribution in [0.25, 0.3) is 11.0 Å². The molecule has 2 aromatic rings. The molecule has 1 N–H and O–H groups in total. The molecule has 1 aromatic carbocycles. The topological polar surface area (TPSA) is 73.2 Å². The Balaban J connectivity index is 1.47. The molecule has 0 aliphatic carbocycles. The van der Waals surface area contributed by atoms with Gasteiger partial charge in [0.05, 0.1) is 31.5 Å². The van der Waals surface area contributed by atoms with Crippen LogP contribution in [0.2, 0.25) is 0 Å². The molecule has 0 atom stereocenters. The first-order valence-electron chi connectivity index (χ1n) is 10.5. The number of amides is 1. The van der Waals surface area contributed by atoms with Gasteiger partial charge in [-0.2, -0.15) is 0 Å². The van der Waals surface area contributed by atoms with Gasteiger partial charge in [-0.3, -0.25) is 9.69 Å². The maximum atomic E-state index is 13.0. The minimum atomic E-state index is -0.0999. The van der Waals surface area contributed by atoms with E-state index in [1.54, 1.807) is 18.4 Å². The Labute approximate surface area is 171 Å². The molecule has 0 spiro atoms. The van der Waals surface area contributed by atoms with Crippen molar-refractivity contribution in [3.8, 4) is 5.75 Å². The Bertz CT molecular complexity index is 822. The van der Waals surface area contributed by atoms with Crippen molar-refractivity contribution in [2.75, 3.05) is 59.2 Å². The van der Waals surface area contributed by atoms with Crippen molar-refractivity contribution in [2.24, 2.45) is 5.41 Å². The number of carbonyl (C=O) groups excluding carboxylic acids is 1. The van der Waals surface area contributed by atoms with Crippen molar-refractivity contribution in [1.29, 1.82) is 0 Å². The molecule has 3 heterocycles. The molecule has 1 aromatic heterocycles. The van der Waals surface area contributed by atoms with Gasteiger partial charge in [-0.05, 0) is 38.0 Å². The molecule has 2 saturated heterocycles. The van der Waals surface area contributed by atoms with Crippen LogP contribution in [0.5, 0.6) is 5.75 Å². The van der Waals surface area contributed by atoms with Crippen molar-refractivity contribution in [3.63, 3.8) is 0 Å². The molecule has 7 nitrogen and oxygen atoms in total. The lowest BCUT2D eigenvalue weighted by Crippen LogP contribution is -2.50. The summed E-state index contributed by atoms with van der Waals surface area (Å²) in [6, 6.07) is 5.45. The molecule has 0 bridgehead atoms. The molecule has 4 rings (SSSR count). The van der Waals surface area contributed by atoms with Crippen LogP contribution in [0.1, 0.15) is 30.1 Å². The van der Waals surface area contributed by atoms with Crippen LogP contribution >= 0.6 is 0 Å². The lowest BCUT2D eigenvalue weighted by molar-refractivity contribution is -0.0283. The second-order valence-electron chi connectivity index (χ2n) is 7.92. The third-order valence-corrected chi connectivity index (χ3v) is 5.94. The molecule has 2 fully saturated rings. The van der Waals surface area contributed by atoms with E-state index in [1.165, 1.54) is 0 Å². The summed E-state index contributed by atoms with van der Waals surface area (Å²) in [5.41, 5.74) is 1.25. The van der Waals surface area contributed by atoms with Crippen LogP contribution in [0.15, 0.2) is 28.9 Å². The van der Waals surface area contributed by atoms with Gasteiger partial charge in [0.25, 0.3) is 5.91 Å². The molecule has 29 heavy (non-hydrogen) atoms. The van der Waals surface area contributed by atoms with Crippen molar-refractivity contribution in [2.45, 2.75) is 19.8 Å². The van der Waals surface area contributed by atoms with E-state index in [9.17, 15) is 4.79 Å². The SMILES string of the molecule is CCOc1cc(C(=O)NCC2(CN3CCOCC3)CCOCC2)cc2occc12. The molecule has 0 unspecified atom stereocenters. The van der Waals surface area contributed by atoms with E-state index in [-0.39, 0.29) is 11.3 Å². The summed E-state index contributed by atoms with van der Waals surface area (Å²) in [6.07, 6.45) is 3.52. The number of fused-ring (bicyclic) bond motifs is 1. The molecule has 0 radical (unpaired) electrons. The van der Waals surface area contributed by atoms with Gasteiger partial charge in [0.1, 0.15) is 11.3 Å². The summed E-state index contributed by atoms with van der Waals surface area (Å²) in [4.78, 5) is 15.4. The Morgan fingerprint density at radius 3 is 2.69 bits per heavy atom. The fourth-order valence-corrected chi connectivity index (χ4v) is 4.24. The largest absolute Gasteiger partial charge is 0.493 e. The van der Waals surface area contributed by atoms with Gasteiger partial charge in [-0.25, -0.2) is 0 Å². The highest BCUT2D eigenvalue weighted by Gasteiger charge is 2.35. The number of hydrogen-bond donors (Lipinski definition) is 1. The van der Waals surface area contributed by atoms with Crippen LogP contribution in [-0.4, -0.2) is 70.0 Å². The summed E-state index contributed by atoms with van der Waals surface area (Å²) in [5.74, 6) is 0.579. The third-order valence-electron chi connectivity index (χ3n) is 5.94. The van der Waals surface area contributed by atoms with Crippen molar-refractivity contribution >= 4 is 16.9 Å². The second kappa shape index (κ2) is 9.15. The predicted octanol–water partition coefficient (Wildman–Crippen LogP) is 2.69. The summed E-state index contributed by atoms with van der Waals surface area (Å²) >= 11 is 0. The highest BCUT2D eigenvalue weighted by Crippen LogP contribution is 2.32. The number of nitrogens with zero attached hydrogens (tertiary/aromatic N) is 1. The summed E-state index contributed by atoms with van der Waals surface area (Å²) in [5, 5.41) is 4.06. The van der Waals surface area contributed by atoms with Gasteiger partial charge in [0.2, 0.25) is 0 Å². The first kappa shape index (κ1) is 20.2. The Morgan fingerprint density at radius 2 is 1.93 bits per heavy atom. The third kappa shape index (κ3) is 4.74. The Hall–Kier alpha value is -2.09. The molecule has 2 aliphatic rings. The Morgan fingerprint density at radius 1 is 1.17 bits per heavy atom. The van der Waals surface area contributed by atoms with Gasteiger partial charge in [0.15, 0.2) is 0 Å². The molecule has 158 valence electrons. The number of furan rings is 1. The van der Waals surface area contributed by atoms with E-state index in [2.05, 4.69) is 10.2 Å². The molecular formula is C22H30N2O5. The number of morpholine rings is 1. The summed E-state index contributed by atoms with van der Waals surface area (Å²) in [7, 11) is 0. The van der Waals surface area contributed by atoms with Crippen LogP contribution in [0.4, 0.5) is 0 Å². The monoisotopic (exact) mass is 402 g/mol. The predicted molar refractivity (Wildman–Crippen MR) is 109 cm³/mol. The van der Waals surface area contributed by atoms with Gasteiger partial charge in [0, 0.05) is 50.4 Å². The molecule has 0 saturated carbocycles. The van der Waals surface area contributed by atoms with Crippen molar-refractivity contribution in [3.05, 3.63) is 30.0 Å². The lowest BCUT2D eigenvalue weighted by atomic mass is 9.79. The lowest BCUT2D eigenvalue weighted by Gasteiger charge is -2.42. The quantitative estimate of drug-likeness (QED) is 0.768. The standard InChI is InChI=1S/C22H30N2O5/c1-2-28-19-13-17(14-20-18(19)3-8-29-20)21(25)23-15-22(4-9-26-10-5-22)16-24-6-11-27-12-7-24/h3,8,13-14H,2,4-7,9-12,15-16H2,1H3,(H,23,25). The molecule has 1 amide bonds. The molecular weight excluding hydrogens is 372 g/mol. The second-order valence-corrected chi connectivity index (χ2v) is 7.92. The average molecular weight is 402 g/mol. The molecule has 7 heteroatoms. The minimum Gasteiger partial charge on any atom is -0.493 e. The molecule has 2 aliphatic heterocycles. The number of nitrogens with one attached hydrogen (secondary N) is 1. The highest BCUT2D eigenvalue weighted by atomic mass is 16.5. The maximum Gasteiger partial charge on any atom is 0.251 e. The minimum absolute atomic E-state index is 0.0305. The number of carbonyl (C=O) groups is 1. The van der Waals surface area contributed by atoms with Crippen LogP contribution in [0, 0.1) is 5.41 Å². The highest BCUT2D eigenvalue weighted by molar-refractivity contribution is 5.99. The van der Waals surface area contributed by atoms with E-state index in [1.807, 2.05) is 13.0 Å². The summed E-state index contributed by atoms with van der Waals surface area (Å²) in [6.45, 7) is 9.00. The zero-order chi connectivity index (χ0) is 20.1. The van der Waals surface area contributed by atoms with E-state index < -0.39 is 0 Å². The van der Waals surface area contributed by atoms with Gasteiger partial charge >= 0.3 is 0 Å².